The van der Waals surface area contributed by atoms with Crippen LogP contribution in [0.3, 0.4) is 0 Å². The SMILES string of the molecule is CC1CN(C)CCN1c1ncc(C(=O)O)s1. The monoisotopic (exact) mass is 241 g/mol. The third-order valence-electron chi connectivity index (χ3n) is 2.78. The van der Waals surface area contributed by atoms with Crippen molar-refractivity contribution >= 4 is 22.4 Å². The number of aromatic carboxylic acids is 1. The Morgan fingerprint density at radius 1 is 1.62 bits per heavy atom. The molecule has 88 valence electrons. The summed E-state index contributed by atoms with van der Waals surface area (Å²) in [6.07, 6.45) is 1.44. The lowest BCUT2D eigenvalue weighted by Crippen LogP contribution is -2.50. The van der Waals surface area contributed by atoms with Gasteiger partial charge in [0.2, 0.25) is 0 Å². The first-order chi connectivity index (χ1) is 7.58. The molecule has 1 fully saturated rings. The predicted octanol–water partition coefficient (Wildman–Crippen LogP) is 0.982. The Labute approximate surface area is 98.3 Å². The average molecular weight is 241 g/mol. The summed E-state index contributed by atoms with van der Waals surface area (Å²) in [6, 6.07) is 0.381. The van der Waals surface area contributed by atoms with E-state index in [0.29, 0.717) is 10.9 Å². The van der Waals surface area contributed by atoms with Crippen molar-refractivity contribution in [3.05, 3.63) is 11.1 Å². The van der Waals surface area contributed by atoms with Crippen molar-refractivity contribution in [2.75, 3.05) is 31.6 Å². The summed E-state index contributed by atoms with van der Waals surface area (Å²) in [6.45, 7) is 5.02. The Kier molecular flexibility index (Phi) is 3.11. The lowest BCUT2D eigenvalue weighted by Gasteiger charge is -2.38. The molecule has 0 radical (unpaired) electrons. The quantitative estimate of drug-likeness (QED) is 0.836. The first-order valence-corrected chi connectivity index (χ1v) is 6.04. The fourth-order valence-electron chi connectivity index (χ4n) is 1.92. The molecule has 16 heavy (non-hydrogen) atoms. The van der Waals surface area contributed by atoms with Crippen molar-refractivity contribution in [1.29, 1.82) is 0 Å². The van der Waals surface area contributed by atoms with Gasteiger partial charge in [-0.2, -0.15) is 0 Å². The molecule has 1 aliphatic rings. The molecule has 1 aromatic rings. The smallest absolute Gasteiger partial charge is 0.347 e. The topological polar surface area (TPSA) is 56.7 Å². The van der Waals surface area contributed by atoms with Crippen LogP contribution in [0.15, 0.2) is 6.20 Å². The van der Waals surface area contributed by atoms with E-state index in [0.717, 1.165) is 24.8 Å². The van der Waals surface area contributed by atoms with E-state index in [4.69, 9.17) is 5.11 Å². The minimum absolute atomic E-state index is 0.307. The van der Waals surface area contributed by atoms with Crippen LogP contribution < -0.4 is 4.90 Å². The van der Waals surface area contributed by atoms with Gasteiger partial charge < -0.3 is 14.9 Å². The molecule has 0 aliphatic carbocycles. The molecule has 2 rings (SSSR count). The summed E-state index contributed by atoms with van der Waals surface area (Å²) in [5.74, 6) is -0.898. The molecule has 0 spiro atoms. The normalized spacial score (nSPS) is 22.4. The molecule has 1 aliphatic heterocycles. The van der Waals surface area contributed by atoms with Gasteiger partial charge in [0.05, 0.1) is 6.20 Å². The number of hydrogen-bond acceptors (Lipinski definition) is 5. The summed E-state index contributed by atoms with van der Waals surface area (Å²) in [5, 5.41) is 9.67. The van der Waals surface area contributed by atoms with E-state index in [-0.39, 0.29) is 0 Å². The Hall–Kier alpha value is -1.14. The molecule has 0 aromatic carbocycles. The van der Waals surface area contributed by atoms with E-state index in [1.165, 1.54) is 17.5 Å². The van der Waals surface area contributed by atoms with Crippen LogP contribution in [0.25, 0.3) is 0 Å². The number of likely N-dealkylation sites (N-methyl/N-ethyl adjacent to an activating group) is 1. The van der Waals surface area contributed by atoms with E-state index >= 15 is 0 Å². The van der Waals surface area contributed by atoms with Gasteiger partial charge in [0, 0.05) is 25.7 Å². The minimum atomic E-state index is -0.898. The summed E-state index contributed by atoms with van der Waals surface area (Å²) in [7, 11) is 2.10. The number of rotatable bonds is 2. The number of aromatic nitrogens is 1. The van der Waals surface area contributed by atoms with Crippen molar-refractivity contribution < 1.29 is 9.90 Å². The van der Waals surface area contributed by atoms with Gasteiger partial charge in [-0.3, -0.25) is 0 Å². The van der Waals surface area contributed by atoms with Crippen molar-refractivity contribution in [3.63, 3.8) is 0 Å². The van der Waals surface area contributed by atoms with Crippen LogP contribution in [0.5, 0.6) is 0 Å². The number of carbonyl (C=O) groups is 1. The number of anilines is 1. The molecule has 1 atom stereocenters. The van der Waals surface area contributed by atoms with Gasteiger partial charge in [-0.05, 0) is 14.0 Å². The maximum atomic E-state index is 10.8. The zero-order valence-corrected chi connectivity index (χ0v) is 10.2. The first-order valence-electron chi connectivity index (χ1n) is 5.22. The van der Waals surface area contributed by atoms with E-state index in [2.05, 4.69) is 28.8 Å². The summed E-state index contributed by atoms with van der Waals surface area (Å²) in [5.41, 5.74) is 0. The summed E-state index contributed by atoms with van der Waals surface area (Å²) < 4.78 is 0. The number of hydrogen-bond donors (Lipinski definition) is 1. The molecule has 0 amide bonds. The molecule has 1 N–H and O–H groups in total. The second-order valence-corrected chi connectivity index (χ2v) is 5.13. The Bertz CT molecular complexity index is 393. The van der Waals surface area contributed by atoms with Crippen molar-refractivity contribution in [2.24, 2.45) is 0 Å². The maximum absolute atomic E-state index is 10.8. The third-order valence-corrected chi connectivity index (χ3v) is 3.80. The van der Waals surface area contributed by atoms with Crippen LogP contribution in [-0.4, -0.2) is 53.7 Å². The van der Waals surface area contributed by atoms with Crippen molar-refractivity contribution in [2.45, 2.75) is 13.0 Å². The van der Waals surface area contributed by atoms with Gasteiger partial charge in [0.1, 0.15) is 4.88 Å². The van der Waals surface area contributed by atoms with Crippen molar-refractivity contribution in [3.8, 4) is 0 Å². The highest BCUT2D eigenvalue weighted by Gasteiger charge is 2.24. The molecule has 1 saturated heterocycles. The molecule has 0 saturated carbocycles. The highest BCUT2D eigenvalue weighted by Crippen LogP contribution is 2.25. The third kappa shape index (κ3) is 2.17. The van der Waals surface area contributed by atoms with E-state index in [1.807, 2.05) is 0 Å². The minimum Gasteiger partial charge on any atom is -0.477 e. The molecule has 0 bridgehead atoms. The van der Waals surface area contributed by atoms with Crippen LogP contribution in [0, 0.1) is 0 Å². The largest absolute Gasteiger partial charge is 0.477 e. The second kappa shape index (κ2) is 4.39. The highest BCUT2D eigenvalue weighted by molar-refractivity contribution is 7.17. The fraction of sp³-hybridized carbons (Fsp3) is 0.600. The second-order valence-electron chi connectivity index (χ2n) is 4.12. The predicted molar refractivity (Wildman–Crippen MR) is 63.4 cm³/mol. The van der Waals surface area contributed by atoms with Crippen LogP contribution in [0.4, 0.5) is 5.13 Å². The van der Waals surface area contributed by atoms with E-state index < -0.39 is 5.97 Å². The van der Waals surface area contributed by atoms with Crippen LogP contribution in [-0.2, 0) is 0 Å². The Morgan fingerprint density at radius 3 is 2.94 bits per heavy atom. The molecular formula is C10H15N3O2S. The standard InChI is InChI=1S/C10H15N3O2S/c1-7-6-12(2)3-4-13(7)10-11-5-8(16-10)9(14)15/h5,7H,3-4,6H2,1-2H3,(H,14,15). The number of carboxylic acid groups (broad SMARTS) is 1. The lowest BCUT2D eigenvalue weighted by molar-refractivity contribution is 0.0702. The number of nitrogens with zero attached hydrogens (tertiary/aromatic N) is 3. The van der Waals surface area contributed by atoms with Gasteiger partial charge >= 0.3 is 5.97 Å². The van der Waals surface area contributed by atoms with Gasteiger partial charge in [0.25, 0.3) is 0 Å². The van der Waals surface area contributed by atoms with Crippen LogP contribution in [0.1, 0.15) is 16.6 Å². The lowest BCUT2D eigenvalue weighted by atomic mass is 10.2. The van der Waals surface area contributed by atoms with Gasteiger partial charge in [-0.15, -0.1) is 0 Å². The summed E-state index contributed by atoms with van der Waals surface area (Å²) in [4.78, 5) is 19.7. The van der Waals surface area contributed by atoms with Gasteiger partial charge in [-0.25, -0.2) is 9.78 Å². The molecule has 1 aromatic heterocycles. The Morgan fingerprint density at radius 2 is 2.38 bits per heavy atom. The maximum Gasteiger partial charge on any atom is 0.347 e. The molecular weight excluding hydrogens is 226 g/mol. The number of piperazine rings is 1. The molecule has 5 nitrogen and oxygen atoms in total. The van der Waals surface area contributed by atoms with Gasteiger partial charge in [0.15, 0.2) is 5.13 Å². The first kappa shape index (κ1) is 11.3. The average Bonchev–Trinajstić information content (AvgIpc) is 2.66. The number of carboxylic acids is 1. The van der Waals surface area contributed by atoms with E-state index in [1.54, 1.807) is 0 Å². The molecule has 6 heteroatoms. The fourth-order valence-corrected chi connectivity index (χ4v) is 2.80. The summed E-state index contributed by atoms with van der Waals surface area (Å²) >= 11 is 1.25. The zero-order chi connectivity index (χ0) is 11.7. The zero-order valence-electron chi connectivity index (χ0n) is 9.38. The van der Waals surface area contributed by atoms with E-state index in [9.17, 15) is 4.79 Å². The van der Waals surface area contributed by atoms with Gasteiger partial charge in [-0.1, -0.05) is 11.3 Å². The van der Waals surface area contributed by atoms with Crippen LogP contribution >= 0.6 is 11.3 Å². The molecule has 1 unspecified atom stereocenters. The van der Waals surface area contributed by atoms with Crippen molar-refractivity contribution in [1.82, 2.24) is 9.88 Å². The Balaban J connectivity index is 2.14. The molecule has 2 heterocycles. The highest BCUT2D eigenvalue weighted by atomic mass is 32.1. The number of thiazole rings is 1. The van der Waals surface area contributed by atoms with Crippen LogP contribution in [0.2, 0.25) is 0 Å².